The highest BCUT2D eigenvalue weighted by Gasteiger charge is 2.18. The van der Waals surface area contributed by atoms with Crippen LogP contribution >= 0.6 is 0 Å². The fourth-order valence-corrected chi connectivity index (χ4v) is 8.11. The molecular formula is C48H28N4. The summed E-state index contributed by atoms with van der Waals surface area (Å²) in [5.74, 6) is 1.88. The Bertz CT molecular complexity index is 3170. The van der Waals surface area contributed by atoms with E-state index < -0.39 is 0 Å². The number of hydrogen-bond acceptors (Lipinski definition) is 4. The van der Waals surface area contributed by atoms with E-state index in [4.69, 9.17) is 15.0 Å². The summed E-state index contributed by atoms with van der Waals surface area (Å²) in [6.07, 6.45) is 1.82. The lowest BCUT2D eigenvalue weighted by atomic mass is 9.87. The molecule has 240 valence electrons. The van der Waals surface area contributed by atoms with Gasteiger partial charge in [-0.1, -0.05) is 133 Å². The Morgan fingerprint density at radius 3 is 1.42 bits per heavy atom. The summed E-state index contributed by atoms with van der Waals surface area (Å²) in [5, 5.41) is 14.8. The van der Waals surface area contributed by atoms with Gasteiger partial charge < -0.3 is 0 Å². The zero-order chi connectivity index (χ0) is 34.2. The molecule has 52 heavy (non-hydrogen) atoms. The Balaban J connectivity index is 1.25. The van der Waals surface area contributed by atoms with E-state index in [0.29, 0.717) is 17.5 Å². The van der Waals surface area contributed by atoms with Crippen molar-refractivity contribution >= 4 is 64.6 Å². The van der Waals surface area contributed by atoms with Gasteiger partial charge in [0.2, 0.25) is 0 Å². The third-order valence-electron chi connectivity index (χ3n) is 10.4. The molecule has 9 aromatic carbocycles. The van der Waals surface area contributed by atoms with Gasteiger partial charge in [-0.3, -0.25) is 4.98 Å². The van der Waals surface area contributed by atoms with Gasteiger partial charge in [0.1, 0.15) is 0 Å². The molecule has 0 spiro atoms. The number of pyridine rings is 1. The van der Waals surface area contributed by atoms with Crippen LogP contribution < -0.4 is 0 Å². The summed E-state index contributed by atoms with van der Waals surface area (Å²) >= 11 is 0. The molecule has 0 aliphatic carbocycles. The smallest absolute Gasteiger partial charge is 0.164 e. The van der Waals surface area contributed by atoms with Crippen LogP contribution in [0.15, 0.2) is 170 Å². The Hall–Kier alpha value is -7.04. The van der Waals surface area contributed by atoms with Crippen LogP contribution in [-0.4, -0.2) is 19.9 Å². The van der Waals surface area contributed by atoms with E-state index >= 15 is 0 Å². The Kier molecular flexibility index (Phi) is 6.22. The predicted octanol–water partition coefficient (Wildman–Crippen LogP) is 12.3. The Morgan fingerprint density at radius 2 is 0.788 bits per heavy atom. The summed E-state index contributed by atoms with van der Waals surface area (Å²) in [6.45, 7) is 0. The van der Waals surface area contributed by atoms with Gasteiger partial charge in [-0.05, 0) is 95.0 Å². The average molecular weight is 661 g/mol. The molecule has 0 N–H and O–H groups in total. The van der Waals surface area contributed by atoms with E-state index in [1.807, 2.05) is 48.7 Å². The van der Waals surface area contributed by atoms with Crippen molar-refractivity contribution < 1.29 is 0 Å². The van der Waals surface area contributed by atoms with Gasteiger partial charge in [0.15, 0.2) is 17.5 Å². The summed E-state index contributed by atoms with van der Waals surface area (Å²) < 4.78 is 0. The highest BCUT2D eigenvalue weighted by Crippen LogP contribution is 2.44. The molecule has 0 bridgehead atoms. The minimum Gasteiger partial charge on any atom is -0.256 e. The molecule has 0 amide bonds. The van der Waals surface area contributed by atoms with Crippen molar-refractivity contribution in [3.05, 3.63) is 170 Å². The maximum Gasteiger partial charge on any atom is 0.164 e. The van der Waals surface area contributed by atoms with Gasteiger partial charge in [-0.25, -0.2) is 15.0 Å². The van der Waals surface area contributed by atoms with Crippen LogP contribution in [0, 0.1) is 0 Å². The summed E-state index contributed by atoms with van der Waals surface area (Å²) in [6, 6.07) is 58.1. The molecule has 0 radical (unpaired) electrons. The van der Waals surface area contributed by atoms with E-state index in [2.05, 4.69) is 126 Å². The Morgan fingerprint density at radius 1 is 0.288 bits per heavy atom. The van der Waals surface area contributed by atoms with Gasteiger partial charge in [0.25, 0.3) is 0 Å². The zero-order valence-electron chi connectivity index (χ0n) is 28.0. The standard InChI is InChI=1S/C48H28N4/c1-2-10-32(11-3-1)46-50-47(35-16-6-15-33(26-35)41-20-4-5-25-49-41)52-48(51-46)36-27-34-24-23-31-13-8-18-38-37-17-7-12-29-21-22-30-14-9-19-39(44(30)42(29)37)40(28-36)45(34)43(31)38/h1-28H. The lowest BCUT2D eigenvalue weighted by Crippen LogP contribution is -2.00. The van der Waals surface area contributed by atoms with Crippen molar-refractivity contribution in [1.29, 1.82) is 0 Å². The second kappa shape index (κ2) is 11.2. The summed E-state index contributed by atoms with van der Waals surface area (Å²) in [7, 11) is 0. The lowest BCUT2D eigenvalue weighted by molar-refractivity contribution is 1.07. The van der Waals surface area contributed by atoms with Gasteiger partial charge in [-0.2, -0.15) is 0 Å². The molecule has 11 rings (SSSR count). The number of hydrogen-bond donors (Lipinski definition) is 0. The first kappa shape index (κ1) is 28.8. The largest absolute Gasteiger partial charge is 0.256 e. The fraction of sp³-hybridized carbons (Fsp3) is 0. The van der Waals surface area contributed by atoms with Crippen molar-refractivity contribution in [1.82, 2.24) is 19.9 Å². The molecule has 0 fully saturated rings. The summed E-state index contributed by atoms with van der Waals surface area (Å²) in [5.41, 5.74) is 4.70. The highest BCUT2D eigenvalue weighted by molar-refractivity contribution is 6.37. The quantitative estimate of drug-likeness (QED) is 0.176. The maximum absolute atomic E-state index is 5.22. The van der Waals surface area contributed by atoms with Crippen molar-refractivity contribution in [2.75, 3.05) is 0 Å². The molecule has 0 aliphatic rings. The van der Waals surface area contributed by atoms with Crippen LogP contribution in [0.3, 0.4) is 0 Å². The normalized spacial score (nSPS) is 11.8. The molecule has 2 aromatic heterocycles. The van der Waals surface area contributed by atoms with Gasteiger partial charge in [0.05, 0.1) is 5.69 Å². The van der Waals surface area contributed by atoms with E-state index in [1.165, 1.54) is 59.2 Å². The van der Waals surface area contributed by atoms with Crippen LogP contribution in [-0.2, 0) is 0 Å². The van der Waals surface area contributed by atoms with Gasteiger partial charge >= 0.3 is 0 Å². The van der Waals surface area contributed by atoms with E-state index in [1.54, 1.807) is 0 Å². The second-order valence-electron chi connectivity index (χ2n) is 13.4. The van der Waals surface area contributed by atoms with Crippen LogP contribution in [0.25, 0.3) is 110 Å². The number of aromatic nitrogens is 4. The molecule has 0 saturated heterocycles. The molecule has 0 unspecified atom stereocenters. The SMILES string of the molecule is c1ccc(-c2nc(-c3cccc(-c4ccccn4)c3)nc(-c3cc4ccc5cccc6c7cccc8ccc9cccc(c(c3)c4c56)c9c87)n2)cc1. The fourth-order valence-electron chi connectivity index (χ4n) is 8.11. The van der Waals surface area contributed by atoms with E-state index in [0.717, 1.165) is 33.3 Å². The van der Waals surface area contributed by atoms with Crippen LogP contribution in [0.5, 0.6) is 0 Å². The number of benzene rings is 8. The van der Waals surface area contributed by atoms with Gasteiger partial charge in [-0.15, -0.1) is 0 Å². The summed E-state index contributed by atoms with van der Waals surface area (Å²) in [4.78, 5) is 20.0. The number of fused-ring (bicyclic) bond motifs is 2. The van der Waals surface area contributed by atoms with Crippen LogP contribution in [0.4, 0.5) is 0 Å². The first-order valence-electron chi connectivity index (χ1n) is 17.6. The Labute approximate surface area is 299 Å². The zero-order valence-corrected chi connectivity index (χ0v) is 28.0. The molecule has 4 nitrogen and oxygen atoms in total. The first-order valence-corrected chi connectivity index (χ1v) is 17.6. The second-order valence-corrected chi connectivity index (χ2v) is 13.4. The average Bonchev–Trinajstić information content (AvgIpc) is 3.22. The molecular weight excluding hydrogens is 633 g/mol. The minimum atomic E-state index is 0.617. The van der Waals surface area contributed by atoms with Crippen molar-refractivity contribution in [3.63, 3.8) is 0 Å². The van der Waals surface area contributed by atoms with Crippen LogP contribution in [0.1, 0.15) is 0 Å². The van der Waals surface area contributed by atoms with Crippen LogP contribution in [0.2, 0.25) is 0 Å². The minimum absolute atomic E-state index is 0.617. The number of nitrogens with zero attached hydrogens (tertiary/aromatic N) is 4. The topological polar surface area (TPSA) is 51.6 Å². The van der Waals surface area contributed by atoms with Crippen molar-refractivity contribution in [2.24, 2.45) is 0 Å². The van der Waals surface area contributed by atoms with E-state index in [9.17, 15) is 0 Å². The van der Waals surface area contributed by atoms with Crippen molar-refractivity contribution in [2.45, 2.75) is 0 Å². The first-order chi connectivity index (χ1) is 25.8. The van der Waals surface area contributed by atoms with E-state index in [-0.39, 0.29) is 0 Å². The van der Waals surface area contributed by atoms with Crippen molar-refractivity contribution in [3.8, 4) is 45.4 Å². The third kappa shape index (κ3) is 4.41. The monoisotopic (exact) mass is 660 g/mol. The molecule has 2 heterocycles. The molecule has 0 saturated carbocycles. The predicted molar refractivity (Wildman–Crippen MR) is 216 cm³/mol. The highest BCUT2D eigenvalue weighted by atomic mass is 15.0. The molecule has 0 atom stereocenters. The lowest BCUT2D eigenvalue weighted by Gasteiger charge is -2.17. The molecule has 0 aliphatic heterocycles. The third-order valence-corrected chi connectivity index (χ3v) is 10.4. The maximum atomic E-state index is 5.22. The van der Waals surface area contributed by atoms with Gasteiger partial charge in [0, 0.05) is 28.5 Å². The molecule has 4 heteroatoms. The molecule has 11 aromatic rings. The number of rotatable bonds is 4.